The Morgan fingerprint density at radius 2 is 2.45 bits per heavy atom. The fourth-order valence-electron chi connectivity index (χ4n) is 0.561. The summed E-state index contributed by atoms with van der Waals surface area (Å²) in [6.07, 6.45) is 4.28. The van der Waals surface area contributed by atoms with E-state index in [1.165, 1.54) is 25.7 Å². The first-order chi connectivity index (χ1) is 5.34. The van der Waals surface area contributed by atoms with Gasteiger partial charge in [0.05, 0.1) is 13.3 Å². The zero-order valence-corrected chi connectivity index (χ0v) is 5.94. The molecule has 1 amide bonds. The number of nitrogens with zero attached hydrogens (tertiary/aromatic N) is 2. The molecule has 5 heteroatoms. The number of hydrogen-bond donors (Lipinski definition) is 1. The first kappa shape index (κ1) is 7.62. The quantitative estimate of drug-likeness (QED) is 0.596. The van der Waals surface area contributed by atoms with Gasteiger partial charge in [-0.3, -0.25) is 14.6 Å². The van der Waals surface area contributed by atoms with Gasteiger partial charge in [-0.2, -0.15) is 0 Å². The number of carbonyl (C=O) groups excluding carboxylic acids is 1. The number of carbonyl (C=O) groups is 1. The van der Waals surface area contributed by atoms with Crippen LogP contribution in [-0.2, 0) is 4.84 Å². The minimum absolute atomic E-state index is 0.231. The van der Waals surface area contributed by atoms with Crippen molar-refractivity contribution in [2.24, 2.45) is 0 Å². The van der Waals surface area contributed by atoms with Crippen LogP contribution in [0.25, 0.3) is 0 Å². The van der Waals surface area contributed by atoms with E-state index in [-0.39, 0.29) is 5.69 Å². The zero-order chi connectivity index (χ0) is 8.10. The molecule has 1 N–H and O–H groups in total. The summed E-state index contributed by atoms with van der Waals surface area (Å²) in [5, 5.41) is 0. The molecule has 1 rings (SSSR count). The van der Waals surface area contributed by atoms with E-state index in [9.17, 15) is 4.79 Å². The van der Waals surface area contributed by atoms with Crippen molar-refractivity contribution in [2.45, 2.75) is 0 Å². The standard InChI is InChI=1S/C6H7N3O2/c1-11-9-6(10)5-4-7-2-3-8-5/h2-4H,1H3,(H,9,10). The van der Waals surface area contributed by atoms with Gasteiger partial charge in [0.15, 0.2) is 0 Å². The molecule has 58 valence electrons. The van der Waals surface area contributed by atoms with Crippen LogP contribution in [0.3, 0.4) is 0 Å². The molecule has 0 aromatic carbocycles. The highest BCUT2D eigenvalue weighted by atomic mass is 16.6. The predicted octanol–water partition coefficient (Wildman–Crippen LogP) is -0.232. The predicted molar refractivity (Wildman–Crippen MR) is 36.5 cm³/mol. The molecule has 0 saturated heterocycles. The van der Waals surface area contributed by atoms with Gasteiger partial charge in [-0.1, -0.05) is 0 Å². The molecule has 0 fully saturated rings. The van der Waals surface area contributed by atoms with Crippen molar-refractivity contribution in [2.75, 3.05) is 7.11 Å². The van der Waals surface area contributed by atoms with Gasteiger partial charge in [0.1, 0.15) is 5.69 Å². The first-order valence-corrected chi connectivity index (χ1v) is 2.94. The van der Waals surface area contributed by atoms with Gasteiger partial charge in [-0.15, -0.1) is 0 Å². The molecule has 0 saturated carbocycles. The molecule has 0 atom stereocenters. The van der Waals surface area contributed by atoms with Gasteiger partial charge in [0.2, 0.25) is 0 Å². The van der Waals surface area contributed by atoms with Crippen LogP contribution in [-0.4, -0.2) is 23.0 Å². The summed E-state index contributed by atoms with van der Waals surface area (Å²) in [5.41, 5.74) is 2.35. The second-order valence-electron chi connectivity index (χ2n) is 1.73. The van der Waals surface area contributed by atoms with E-state index < -0.39 is 5.91 Å². The van der Waals surface area contributed by atoms with Crippen molar-refractivity contribution < 1.29 is 9.63 Å². The van der Waals surface area contributed by atoms with Crippen LogP contribution in [0, 0.1) is 0 Å². The molecule has 0 aliphatic heterocycles. The summed E-state index contributed by atoms with van der Waals surface area (Å²) in [5.74, 6) is -0.402. The minimum Gasteiger partial charge on any atom is -0.277 e. The lowest BCUT2D eigenvalue weighted by Gasteiger charge is -1.98. The number of amides is 1. The Morgan fingerprint density at radius 3 is 3.00 bits per heavy atom. The van der Waals surface area contributed by atoms with Crippen LogP contribution in [0.15, 0.2) is 18.6 Å². The van der Waals surface area contributed by atoms with Crippen molar-refractivity contribution in [3.63, 3.8) is 0 Å². The number of aromatic nitrogens is 2. The van der Waals surface area contributed by atoms with Crippen molar-refractivity contribution in [3.8, 4) is 0 Å². The molecule has 11 heavy (non-hydrogen) atoms. The number of rotatable bonds is 2. The molecule has 1 heterocycles. The number of hydrogen-bond acceptors (Lipinski definition) is 4. The lowest BCUT2D eigenvalue weighted by Crippen LogP contribution is -2.22. The molecular formula is C6H7N3O2. The Kier molecular flexibility index (Phi) is 2.51. The highest BCUT2D eigenvalue weighted by molar-refractivity contribution is 5.90. The van der Waals surface area contributed by atoms with Crippen LogP contribution < -0.4 is 5.48 Å². The maximum atomic E-state index is 10.9. The van der Waals surface area contributed by atoms with Gasteiger partial charge in [-0.05, 0) is 0 Å². The summed E-state index contributed by atoms with van der Waals surface area (Å²) in [4.78, 5) is 22.7. The van der Waals surface area contributed by atoms with Gasteiger partial charge >= 0.3 is 0 Å². The van der Waals surface area contributed by atoms with Gasteiger partial charge in [-0.25, -0.2) is 10.5 Å². The monoisotopic (exact) mass is 153 g/mol. The van der Waals surface area contributed by atoms with E-state index in [2.05, 4.69) is 20.3 Å². The zero-order valence-electron chi connectivity index (χ0n) is 5.94. The van der Waals surface area contributed by atoms with E-state index in [0.717, 1.165) is 0 Å². The summed E-state index contributed by atoms with van der Waals surface area (Å²) >= 11 is 0. The van der Waals surface area contributed by atoms with Crippen molar-refractivity contribution in [1.82, 2.24) is 15.4 Å². The summed E-state index contributed by atoms with van der Waals surface area (Å²) < 4.78 is 0. The van der Waals surface area contributed by atoms with Crippen molar-refractivity contribution in [3.05, 3.63) is 24.3 Å². The van der Waals surface area contributed by atoms with Gasteiger partial charge in [0.25, 0.3) is 5.91 Å². The number of nitrogens with one attached hydrogen (secondary N) is 1. The summed E-state index contributed by atoms with van der Waals surface area (Å²) in [7, 11) is 1.36. The Morgan fingerprint density at radius 1 is 1.64 bits per heavy atom. The van der Waals surface area contributed by atoms with E-state index in [4.69, 9.17) is 0 Å². The SMILES string of the molecule is CONC(=O)c1cnccn1. The maximum Gasteiger partial charge on any atom is 0.295 e. The second kappa shape index (κ2) is 3.62. The third kappa shape index (κ3) is 1.98. The second-order valence-corrected chi connectivity index (χ2v) is 1.73. The largest absolute Gasteiger partial charge is 0.295 e. The molecule has 5 nitrogen and oxygen atoms in total. The van der Waals surface area contributed by atoms with E-state index in [1.807, 2.05) is 0 Å². The van der Waals surface area contributed by atoms with E-state index in [1.54, 1.807) is 0 Å². The Bertz CT molecular complexity index is 237. The molecule has 0 spiro atoms. The van der Waals surface area contributed by atoms with Crippen LogP contribution in [0.1, 0.15) is 10.5 Å². The van der Waals surface area contributed by atoms with Crippen LogP contribution >= 0.6 is 0 Å². The highest BCUT2D eigenvalue weighted by Gasteiger charge is 2.03. The Hall–Kier alpha value is -1.49. The third-order valence-electron chi connectivity index (χ3n) is 0.991. The van der Waals surface area contributed by atoms with Crippen molar-refractivity contribution in [1.29, 1.82) is 0 Å². The molecule has 1 aromatic rings. The average molecular weight is 153 g/mol. The van der Waals surface area contributed by atoms with Crippen molar-refractivity contribution >= 4 is 5.91 Å². The summed E-state index contributed by atoms with van der Waals surface area (Å²) in [6, 6.07) is 0. The van der Waals surface area contributed by atoms with Gasteiger partial charge in [0, 0.05) is 12.4 Å². The molecular weight excluding hydrogens is 146 g/mol. The molecule has 0 unspecified atom stereocenters. The van der Waals surface area contributed by atoms with E-state index >= 15 is 0 Å². The fraction of sp³-hybridized carbons (Fsp3) is 0.167. The molecule has 1 aromatic heterocycles. The molecule has 0 aliphatic rings. The average Bonchev–Trinajstić information content (AvgIpc) is 2.07. The number of hydroxylamine groups is 1. The Balaban J connectivity index is 2.69. The van der Waals surface area contributed by atoms with Crippen LogP contribution in [0.5, 0.6) is 0 Å². The minimum atomic E-state index is -0.402. The van der Waals surface area contributed by atoms with Crippen LogP contribution in [0.2, 0.25) is 0 Å². The highest BCUT2D eigenvalue weighted by Crippen LogP contribution is 1.88. The fourth-order valence-corrected chi connectivity index (χ4v) is 0.561. The van der Waals surface area contributed by atoms with Gasteiger partial charge < -0.3 is 0 Å². The lowest BCUT2D eigenvalue weighted by molar-refractivity contribution is 0.0532. The van der Waals surface area contributed by atoms with E-state index in [0.29, 0.717) is 0 Å². The molecule has 0 aliphatic carbocycles. The third-order valence-corrected chi connectivity index (χ3v) is 0.991. The topological polar surface area (TPSA) is 64.1 Å². The smallest absolute Gasteiger partial charge is 0.277 e. The first-order valence-electron chi connectivity index (χ1n) is 2.94. The molecule has 0 radical (unpaired) electrons. The molecule has 0 bridgehead atoms. The summed E-state index contributed by atoms with van der Waals surface area (Å²) in [6.45, 7) is 0. The maximum absolute atomic E-state index is 10.9. The van der Waals surface area contributed by atoms with Crippen LogP contribution in [0.4, 0.5) is 0 Å². The Labute approximate surface area is 63.4 Å². The lowest BCUT2D eigenvalue weighted by atomic mass is 10.4. The normalized spacial score (nSPS) is 9.18.